The van der Waals surface area contributed by atoms with Gasteiger partial charge in [-0.1, -0.05) is 27.7 Å². The van der Waals surface area contributed by atoms with Crippen LogP contribution in [0.25, 0.3) is 5.52 Å². The summed E-state index contributed by atoms with van der Waals surface area (Å²) in [5.74, 6) is 2.10. The molecule has 86 valence electrons. The zero-order valence-electron chi connectivity index (χ0n) is 10.8. The summed E-state index contributed by atoms with van der Waals surface area (Å²) >= 11 is 0. The Bertz CT molecular complexity index is 507. The molecule has 0 atom stereocenters. The summed E-state index contributed by atoms with van der Waals surface area (Å²) < 4.78 is 2.23. The predicted octanol–water partition coefficient (Wildman–Crippen LogP) is 3.89. The molecule has 0 N–H and O–H groups in total. The molecule has 0 aliphatic heterocycles. The molecule has 2 heterocycles. The van der Waals surface area contributed by atoms with Gasteiger partial charge in [0.15, 0.2) is 0 Å². The monoisotopic (exact) mass is 216 g/mol. The quantitative estimate of drug-likeness (QED) is 0.744. The van der Waals surface area contributed by atoms with Crippen LogP contribution >= 0.6 is 0 Å². The summed E-state index contributed by atoms with van der Waals surface area (Å²) in [6, 6.07) is 4.37. The molecule has 2 rings (SSSR count). The van der Waals surface area contributed by atoms with Gasteiger partial charge in [0.1, 0.15) is 5.82 Å². The van der Waals surface area contributed by atoms with E-state index in [1.54, 1.807) is 0 Å². The number of imidazole rings is 1. The number of fused-ring (bicyclic) bond motifs is 1. The Labute approximate surface area is 97.3 Å². The number of hydrogen-bond donors (Lipinski definition) is 0. The van der Waals surface area contributed by atoms with E-state index in [1.807, 2.05) is 0 Å². The van der Waals surface area contributed by atoms with E-state index in [0.717, 1.165) is 0 Å². The Morgan fingerprint density at radius 1 is 1.12 bits per heavy atom. The van der Waals surface area contributed by atoms with Crippen LogP contribution in [-0.2, 0) is 0 Å². The van der Waals surface area contributed by atoms with Crippen LogP contribution in [0.4, 0.5) is 0 Å². The van der Waals surface area contributed by atoms with E-state index in [2.05, 4.69) is 57.3 Å². The number of rotatable bonds is 2. The number of aromatic nitrogens is 2. The standard InChI is InChI=1S/C14H20N2/c1-9(2)13-12-8-11(5)6-7-16(12)14(15-13)10(3)4/h6-10H,1-5H3. The van der Waals surface area contributed by atoms with Crippen molar-refractivity contribution in [3.8, 4) is 0 Å². The lowest BCUT2D eigenvalue weighted by Gasteiger charge is -2.04. The summed E-state index contributed by atoms with van der Waals surface area (Å²) in [5.41, 5.74) is 3.77. The van der Waals surface area contributed by atoms with Crippen LogP contribution in [-0.4, -0.2) is 9.38 Å². The van der Waals surface area contributed by atoms with Crippen LogP contribution in [0.15, 0.2) is 18.3 Å². The second-order valence-electron chi connectivity index (χ2n) is 5.12. The highest BCUT2D eigenvalue weighted by atomic mass is 15.0. The zero-order valence-corrected chi connectivity index (χ0v) is 10.8. The van der Waals surface area contributed by atoms with Gasteiger partial charge in [-0.05, 0) is 30.5 Å². The van der Waals surface area contributed by atoms with Crippen LogP contribution in [0, 0.1) is 6.92 Å². The first-order valence-electron chi connectivity index (χ1n) is 5.99. The smallest absolute Gasteiger partial charge is 0.116 e. The average molecular weight is 216 g/mol. The molecule has 0 bridgehead atoms. The van der Waals surface area contributed by atoms with Gasteiger partial charge in [0, 0.05) is 12.1 Å². The van der Waals surface area contributed by atoms with Gasteiger partial charge < -0.3 is 4.40 Å². The van der Waals surface area contributed by atoms with Crippen molar-refractivity contribution >= 4 is 5.52 Å². The molecule has 0 saturated carbocycles. The molecule has 0 saturated heterocycles. The third-order valence-corrected chi connectivity index (χ3v) is 2.92. The van der Waals surface area contributed by atoms with Crippen molar-refractivity contribution in [3.05, 3.63) is 35.4 Å². The maximum atomic E-state index is 4.79. The summed E-state index contributed by atoms with van der Waals surface area (Å²) in [6.07, 6.45) is 2.14. The number of nitrogens with zero attached hydrogens (tertiary/aromatic N) is 2. The molecule has 0 unspecified atom stereocenters. The summed E-state index contributed by atoms with van der Waals surface area (Å²) in [6.45, 7) is 10.9. The average Bonchev–Trinajstić information content (AvgIpc) is 2.56. The van der Waals surface area contributed by atoms with Crippen molar-refractivity contribution < 1.29 is 0 Å². The molecular formula is C14H20N2. The second-order valence-corrected chi connectivity index (χ2v) is 5.12. The third kappa shape index (κ3) is 1.73. The van der Waals surface area contributed by atoms with Gasteiger partial charge in [-0.2, -0.15) is 0 Å². The highest BCUT2D eigenvalue weighted by molar-refractivity contribution is 5.56. The molecule has 2 aromatic rings. The lowest BCUT2D eigenvalue weighted by molar-refractivity contribution is 0.754. The Kier molecular flexibility index (Phi) is 2.75. The maximum absolute atomic E-state index is 4.79. The molecule has 2 nitrogen and oxygen atoms in total. The van der Waals surface area contributed by atoms with Crippen molar-refractivity contribution in [1.29, 1.82) is 0 Å². The van der Waals surface area contributed by atoms with Crippen LogP contribution in [0.5, 0.6) is 0 Å². The first-order chi connectivity index (χ1) is 7.50. The van der Waals surface area contributed by atoms with E-state index in [1.165, 1.54) is 22.6 Å². The topological polar surface area (TPSA) is 17.3 Å². The lowest BCUT2D eigenvalue weighted by Crippen LogP contribution is -1.96. The Balaban J connectivity index is 2.76. The number of aryl methyl sites for hydroxylation is 1. The summed E-state index contributed by atoms with van der Waals surface area (Å²) in [5, 5.41) is 0. The van der Waals surface area contributed by atoms with Gasteiger partial charge in [-0.15, -0.1) is 0 Å². The zero-order chi connectivity index (χ0) is 11.9. The van der Waals surface area contributed by atoms with Crippen molar-refractivity contribution in [2.45, 2.75) is 46.5 Å². The Morgan fingerprint density at radius 2 is 1.81 bits per heavy atom. The first-order valence-corrected chi connectivity index (χ1v) is 5.99. The normalized spacial score (nSPS) is 11.9. The van der Waals surface area contributed by atoms with Gasteiger partial charge in [0.25, 0.3) is 0 Å². The molecule has 2 aromatic heterocycles. The van der Waals surface area contributed by atoms with Crippen molar-refractivity contribution in [1.82, 2.24) is 9.38 Å². The molecule has 0 aliphatic rings. The van der Waals surface area contributed by atoms with Gasteiger partial charge in [-0.3, -0.25) is 0 Å². The molecule has 16 heavy (non-hydrogen) atoms. The minimum Gasteiger partial charge on any atom is -0.303 e. The van der Waals surface area contributed by atoms with E-state index in [-0.39, 0.29) is 0 Å². The third-order valence-electron chi connectivity index (χ3n) is 2.92. The molecule has 2 heteroatoms. The van der Waals surface area contributed by atoms with Crippen LogP contribution in [0.1, 0.15) is 56.6 Å². The van der Waals surface area contributed by atoms with Gasteiger partial charge in [0.2, 0.25) is 0 Å². The fourth-order valence-electron chi connectivity index (χ4n) is 2.07. The molecule has 0 spiro atoms. The minimum absolute atomic E-state index is 0.461. The van der Waals surface area contributed by atoms with E-state index in [0.29, 0.717) is 11.8 Å². The van der Waals surface area contributed by atoms with Crippen LogP contribution < -0.4 is 0 Å². The SMILES string of the molecule is Cc1ccn2c(C(C)C)nc(C(C)C)c2c1. The Hall–Kier alpha value is -1.31. The van der Waals surface area contributed by atoms with Gasteiger partial charge in [-0.25, -0.2) is 4.98 Å². The van der Waals surface area contributed by atoms with Crippen molar-refractivity contribution in [2.24, 2.45) is 0 Å². The van der Waals surface area contributed by atoms with E-state index < -0.39 is 0 Å². The van der Waals surface area contributed by atoms with Crippen molar-refractivity contribution in [3.63, 3.8) is 0 Å². The minimum atomic E-state index is 0.461. The molecular weight excluding hydrogens is 196 g/mol. The van der Waals surface area contributed by atoms with Gasteiger partial charge in [0.05, 0.1) is 11.2 Å². The molecule has 0 radical (unpaired) electrons. The molecule has 0 aromatic carbocycles. The summed E-state index contributed by atoms with van der Waals surface area (Å²) in [7, 11) is 0. The molecule has 0 fully saturated rings. The predicted molar refractivity (Wildman–Crippen MR) is 68.1 cm³/mol. The van der Waals surface area contributed by atoms with E-state index >= 15 is 0 Å². The van der Waals surface area contributed by atoms with Crippen LogP contribution in [0.2, 0.25) is 0 Å². The lowest BCUT2D eigenvalue weighted by atomic mass is 10.1. The fraction of sp³-hybridized carbons (Fsp3) is 0.500. The van der Waals surface area contributed by atoms with E-state index in [9.17, 15) is 0 Å². The maximum Gasteiger partial charge on any atom is 0.116 e. The highest BCUT2D eigenvalue weighted by Gasteiger charge is 2.15. The molecule has 0 aliphatic carbocycles. The van der Waals surface area contributed by atoms with Crippen molar-refractivity contribution in [2.75, 3.05) is 0 Å². The second kappa shape index (κ2) is 3.93. The largest absolute Gasteiger partial charge is 0.303 e. The number of pyridine rings is 1. The summed E-state index contributed by atoms with van der Waals surface area (Å²) in [4.78, 5) is 4.79. The number of hydrogen-bond acceptors (Lipinski definition) is 1. The highest BCUT2D eigenvalue weighted by Crippen LogP contribution is 2.25. The van der Waals surface area contributed by atoms with Crippen LogP contribution in [0.3, 0.4) is 0 Å². The van der Waals surface area contributed by atoms with E-state index in [4.69, 9.17) is 4.98 Å². The Morgan fingerprint density at radius 3 is 2.38 bits per heavy atom. The first kappa shape index (κ1) is 11.2. The molecule has 0 amide bonds. The van der Waals surface area contributed by atoms with Gasteiger partial charge >= 0.3 is 0 Å². The fourth-order valence-corrected chi connectivity index (χ4v) is 2.07.